The van der Waals surface area contributed by atoms with Crippen molar-refractivity contribution in [2.24, 2.45) is 0 Å². The van der Waals surface area contributed by atoms with Crippen LogP contribution in [0.4, 0.5) is 5.95 Å². The SMILES string of the molecule is CCOP(=O)(OCC)C(CNc1nc(C)cc(Oc2ccccc2)n1)P(=O)(OCC)OCC. The van der Waals surface area contributed by atoms with Gasteiger partial charge in [-0.3, -0.25) is 9.13 Å². The second-order valence-corrected chi connectivity index (χ2v) is 11.5. The molecule has 0 aliphatic rings. The molecule has 12 heteroatoms. The first-order valence-electron chi connectivity index (χ1n) is 10.9. The maximum Gasteiger partial charge on any atom is 0.347 e. The lowest BCUT2D eigenvalue weighted by Gasteiger charge is -2.31. The highest BCUT2D eigenvalue weighted by Crippen LogP contribution is 2.70. The van der Waals surface area contributed by atoms with E-state index in [0.717, 1.165) is 0 Å². The van der Waals surface area contributed by atoms with Gasteiger partial charge in [-0.05, 0) is 46.8 Å². The number of nitrogens with zero attached hydrogens (tertiary/aromatic N) is 2. The molecule has 10 nitrogen and oxygen atoms in total. The van der Waals surface area contributed by atoms with Crippen molar-refractivity contribution in [1.29, 1.82) is 0 Å². The molecule has 0 fully saturated rings. The third kappa shape index (κ3) is 7.88. The molecule has 0 amide bonds. The lowest BCUT2D eigenvalue weighted by Crippen LogP contribution is -2.26. The van der Waals surface area contributed by atoms with Crippen LogP contribution in [0.3, 0.4) is 0 Å². The fourth-order valence-electron chi connectivity index (χ4n) is 3.00. The molecule has 1 heterocycles. The number of aromatic nitrogens is 2. The molecule has 1 aromatic heterocycles. The molecule has 0 bridgehead atoms. The fraction of sp³-hybridized carbons (Fsp3) is 0.524. The first kappa shape index (κ1) is 27.4. The van der Waals surface area contributed by atoms with Crippen LogP contribution in [0.25, 0.3) is 0 Å². The van der Waals surface area contributed by atoms with E-state index >= 15 is 0 Å². The van der Waals surface area contributed by atoms with Crippen LogP contribution in [0.5, 0.6) is 11.6 Å². The summed E-state index contributed by atoms with van der Waals surface area (Å²) in [6.45, 7) is 8.77. The number of benzene rings is 1. The van der Waals surface area contributed by atoms with E-state index in [-0.39, 0.29) is 38.9 Å². The number of ether oxygens (including phenoxy) is 1. The van der Waals surface area contributed by atoms with Gasteiger partial charge in [0, 0.05) is 18.3 Å². The van der Waals surface area contributed by atoms with Gasteiger partial charge in [0.05, 0.1) is 26.4 Å². The standard InChI is InChI=1S/C21H33N3O7P2/c1-6-27-32(25,28-7-2)20(33(26,29-8-3)30-9-4)16-22-21-23-17(5)15-19(24-21)31-18-13-11-10-12-14-18/h10-15,20H,6-9,16H2,1-5H3,(H,22,23,24). The largest absolute Gasteiger partial charge is 0.439 e. The lowest BCUT2D eigenvalue weighted by molar-refractivity contribution is 0.196. The Bertz CT molecular complexity index is 912. The Morgan fingerprint density at radius 3 is 1.85 bits per heavy atom. The number of para-hydroxylation sites is 1. The van der Waals surface area contributed by atoms with E-state index in [1.165, 1.54) is 0 Å². The van der Waals surface area contributed by atoms with Gasteiger partial charge in [0.15, 0.2) is 5.40 Å². The van der Waals surface area contributed by atoms with E-state index in [1.807, 2.05) is 18.2 Å². The molecule has 0 unspecified atom stereocenters. The predicted molar refractivity (Wildman–Crippen MR) is 127 cm³/mol. The van der Waals surface area contributed by atoms with Crippen LogP contribution in [-0.2, 0) is 27.2 Å². The first-order valence-corrected chi connectivity index (χ1v) is 14.1. The quantitative estimate of drug-likeness (QED) is 0.298. The highest BCUT2D eigenvalue weighted by molar-refractivity contribution is 7.72. The van der Waals surface area contributed by atoms with Gasteiger partial charge in [-0.1, -0.05) is 18.2 Å². The van der Waals surface area contributed by atoms with Crippen molar-refractivity contribution in [3.8, 4) is 11.6 Å². The van der Waals surface area contributed by atoms with Gasteiger partial charge in [0.2, 0.25) is 11.8 Å². The van der Waals surface area contributed by atoms with Crippen molar-refractivity contribution < 1.29 is 32.0 Å². The van der Waals surface area contributed by atoms with Crippen LogP contribution in [0.15, 0.2) is 36.4 Å². The van der Waals surface area contributed by atoms with E-state index in [4.69, 9.17) is 22.8 Å². The number of aryl methyl sites for hydroxylation is 1. The van der Waals surface area contributed by atoms with Gasteiger partial charge in [-0.2, -0.15) is 4.98 Å². The summed E-state index contributed by atoms with van der Waals surface area (Å²) >= 11 is 0. The average molecular weight is 501 g/mol. The Kier molecular flexibility index (Phi) is 11.0. The maximum atomic E-state index is 13.6. The zero-order valence-electron chi connectivity index (χ0n) is 19.7. The maximum absolute atomic E-state index is 13.6. The van der Waals surface area contributed by atoms with E-state index in [9.17, 15) is 9.13 Å². The molecule has 0 aliphatic heterocycles. The summed E-state index contributed by atoms with van der Waals surface area (Å²) < 4.78 is 55.0. The molecule has 2 rings (SSSR count). The van der Waals surface area contributed by atoms with Gasteiger partial charge in [0.1, 0.15) is 5.75 Å². The van der Waals surface area contributed by atoms with E-state index in [2.05, 4.69) is 15.3 Å². The minimum absolute atomic E-state index is 0.0992. The molecule has 0 saturated carbocycles. The molecule has 0 aliphatic carbocycles. The Labute approximate surface area is 195 Å². The van der Waals surface area contributed by atoms with Crippen molar-refractivity contribution in [3.05, 3.63) is 42.1 Å². The second kappa shape index (κ2) is 13.2. The number of nitrogens with one attached hydrogen (secondary N) is 1. The van der Waals surface area contributed by atoms with Crippen molar-refractivity contribution >= 4 is 21.1 Å². The smallest absolute Gasteiger partial charge is 0.347 e. The van der Waals surface area contributed by atoms with Crippen LogP contribution >= 0.6 is 15.2 Å². The number of hydrogen-bond acceptors (Lipinski definition) is 10. The second-order valence-electron chi connectivity index (χ2n) is 6.70. The Morgan fingerprint density at radius 1 is 0.848 bits per heavy atom. The van der Waals surface area contributed by atoms with Crippen LogP contribution in [-0.4, -0.2) is 48.3 Å². The first-order chi connectivity index (χ1) is 15.8. The van der Waals surface area contributed by atoms with Crippen LogP contribution < -0.4 is 10.1 Å². The summed E-state index contributed by atoms with van der Waals surface area (Å²) in [4.78, 5) is 8.71. The summed E-state index contributed by atoms with van der Waals surface area (Å²) in [5.41, 5.74) is 0.644. The Morgan fingerprint density at radius 2 is 1.36 bits per heavy atom. The molecular formula is C21H33N3O7P2. The highest BCUT2D eigenvalue weighted by atomic mass is 31.2. The zero-order chi connectivity index (χ0) is 24.3. The molecule has 0 atom stereocenters. The Hall–Kier alpha value is -1.80. The molecule has 0 radical (unpaired) electrons. The molecule has 0 spiro atoms. The predicted octanol–water partition coefficient (Wildman–Crippen LogP) is 5.85. The molecule has 184 valence electrons. The van der Waals surface area contributed by atoms with Crippen LogP contribution in [0.2, 0.25) is 0 Å². The number of anilines is 1. The van der Waals surface area contributed by atoms with Crippen LogP contribution in [0, 0.1) is 6.92 Å². The molecule has 1 N–H and O–H groups in total. The third-order valence-corrected chi connectivity index (χ3v) is 10.2. The molecule has 1 aromatic carbocycles. The van der Waals surface area contributed by atoms with Crippen molar-refractivity contribution in [3.63, 3.8) is 0 Å². The summed E-state index contributed by atoms with van der Waals surface area (Å²) in [6.07, 6.45) is 0. The van der Waals surface area contributed by atoms with Gasteiger partial charge in [0.25, 0.3) is 0 Å². The lowest BCUT2D eigenvalue weighted by atomic mass is 10.3. The molecule has 33 heavy (non-hydrogen) atoms. The van der Waals surface area contributed by atoms with E-state index in [0.29, 0.717) is 17.3 Å². The summed E-state index contributed by atoms with van der Waals surface area (Å²) in [7, 11) is -7.78. The minimum Gasteiger partial charge on any atom is -0.439 e. The fourth-order valence-corrected chi connectivity index (χ4v) is 8.09. The molecule has 2 aromatic rings. The summed E-state index contributed by atoms with van der Waals surface area (Å²) in [6, 6.07) is 10.9. The normalized spacial score (nSPS) is 12.2. The van der Waals surface area contributed by atoms with Crippen molar-refractivity contribution in [2.75, 3.05) is 38.3 Å². The molecule has 0 saturated heterocycles. The topological polar surface area (TPSA) is 118 Å². The third-order valence-electron chi connectivity index (χ3n) is 4.21. The van der Waals surface area contributed by atoms with Gasteiger partial charge >= 0.3 is 15.2 Å². The number of hydrogen-bond donors (Lipinski definition) is 1. The van der Waals surface area contributed by atoms with Crippen molar-refractivity contribution in [2.45, 2.75) is 40.0 Å². The van der Waals surface area contributed by atoms with Gasteiger partial charge in [-0.15, -0.1) is 0 Å². The minimum atomic E-state index is -3.89. The monoisotopic (exact) mass is 501 g/mol. The zero-order valence-corrected chi connectivity index (χ0v) is 21.5. The average Bonchev–Trinajstić information content (AvgIpc) is 2.75. The van der Waals surface area contributed by atoms with Gasteiger partial charge < -0.3 is 28.1 Å². The summed E-state index contributed by atoms with van der Waals surface area (Å²) in [5, 5.41) is 1.76. The Balaban J connectivity index is 2.34. The van der Waals surface area contributed by atoms with Crippen LogP contribution in [0.1, 0.15) is 33.4 Å². The van der Waals surface area contributed by atoms with Crippen molar-refractivity contribution in [1.82, 2.24) is 9.97 Å². The highest BCUT2D eigenvalue weighted by Gasteiger charge is 2.50. The van der Waals surface area contributed by atoms with Gasteiger partial charge in [-0.25, -0.2) is 4.98 Å². The summed E-state index contributed by atoms with van der Waals surface area (Å²) in [5.74, 6) is 1.14. The van der Waals surface area contributed by atoms with E-state index in [1.54, 1.807) is 52.8 Å². The van der Waals surface area contributed by atoms with E-state index < -0.39 is 20.6 Å². The molecular weight excluding hydrogens is 468 g/mol. The number of rotatable bonds is 15.